The van der Waals surface area contributed by atoms with Gasteiger partial charge in [-0.3, -0.25) is 14.7 Å². The first kappa shape index (κ1) is 16.3. The minimum atomic E-state index is -0.0424. The van der Waals surface area contributed by atoms with Gasteiger partial charge in [0.15, 0.2) is 0 Å². The molecule has 4 rings (SSSR count). The van der Waals surface area contributed by atoms with Gasteiger partial charge in [0.2, 0.25) is 5.91 Å². The van der Waals surface area contributed by atoms with E-state index >= 15 is 0 Å². The third kappa shape index (κ3) is 3.33. The van der Waals surface area contributed by atoms with Crippen LogP contribution in [0.2, 0.25) is 0 Å². The molecule has 0 unspecified atom stereocenters. The Kier molecular flexibility index (Phi) is 4.34. The molecule has 1 spiro atoms. The van der Waals surface area contributed by atoms with Crippen LogP contribution in [0, 0.1) is 0 Å². The molecule has 1 N–H and O–H groups in total. The number of aryl methyl sites for hydroxylation is 1. The Bertz CT molecular complexity index is 732. The van der Waals surface area contributed by atoms with E-state index in [0.717, 1.165) is 62.4 Å². The van der Waals surface area contributed by atoms with Crippen LogP contribution in [0.1, 0.15) is 49.2 Å². The minimum Gasteiger partial charge on any atom is -0.465 e. The molecular weight excluding hydrogens is 314 g/mol. The standard InChI is InChI=1S/C20H25N3O2/c1-2-16-3-4-17(25-16)14-23-11-7-20(8-12-23)13-18(19(24)22-20)15-5-9-21-10-6-15/h3-6,9-10,18H,2,7-8,11-14H2,1H3,(H,22,24)/t18-/m1/s1. The third-order valence-electron chi connectivity index (χ3n) is 5.67. The van der Waals surface area contributed by atoms with Crippen LogP contribution in [0.5, 0.6) is 0 Å². The molecule has 0 aromatic carbocycles. The van der Waals surface area contributed by atoms with Crippen molar-refractivity contribution in [3.05, 3.63) is 53.7 Å². The summed E-state index contributed by atoms with van der Waals surface area (Å²) in [4.78, 5) is 19.0. The lowest BCUT2D eigenvalue weighted by Gasteiger charge is -2.39. The first-order chi connectivity index (χ1) is 12.2. The van der Waals surface area contributed by atoms with Gasteiger partial charge in [0, 0.05) is 37.4 Å². The summed E-state index contributed by atoms with van der Waals surface area (Å²) in [5, 5.41) is 3.31. The summed E-state index contributed by atoms with van der Waals surface area (Å²) in [7, 11) is 0. The highest BCUT2D eigenvalue weighted by Gasteiger charge is 2.46. The lowest BCUT2D eigenvalue weighted by molar-refractivity contribution is -0.121. The van der Waals surface area contributed by atoms with Gasteiger partial charge in [0.05, 0.1) is 12.5 Å². The minimum absolute atomic E-state index is 0.0354. The van der Waals surface area contributed by atoms with E-state index in [0.29, 0.717) is 0 Å². The zero-order valence-electron chi connectivity index (χ0n) is 14.7. The number of hydrogen-bond donors (Lipinski definition) is 1. The maximum Gasteiger partial charge on any atom is 0.228 e. The van der Waals surface area contributed by atoms with Crippen molar-refractivity contribution >= 4 is 5.91 Å². The Hall–Kier alpha value is -2.14. The second-order valence-electron chi connectivity index (χ2n) is 7.30. The summed E-state index contributed by atoms with van der Waals surface area (Å²) < 4.78 is 5.83. The molecule has 4 heterocycles. The van der Waals surface area contributed by atoms with E-state index in [1.807, 2.05) is 12.1 Å². The fourth-order valence-electron chi connectivity index (χ4n) is 4.13. The number of furan rings is 1. The average molecular weight is 339 g/mol. The van der Waals surface area contributed by atoms with E-state index < -0.39 is 0 Å². The van der Waals surface area contributed by atoms with Crippen molar-refractivity contribution < 1.29 is 9.21 Å². The quantitative estimate of drug-likeness (QED) is 0.930. The number of likely N-dealkylation sites (tertiary alicyclic amines) is 1. The molecule has 132 valence electrons. The van der Waals surface area contributed by atoms with Crippen LogP contribution in [0.3, 0.4) is 0 Å². The van der Waals surface area contributed by atoms with Crippen molar-refractivity contribution in [1.82, 2.24) is 15.2 Å². The molecule has 0 aliphatic carbocycles. The molecule has 2 saturated heterocycles. The Labute approximate surface area is 148 Å². The zero-order valence-corrected chi connectivity index (χ0v) is 14.7. The normalized spacial score (nSPS) is 23.1. The molecule has 5 nitrogen and oxygen atoms in total. The molecule has 0 radical (unpaired) electrons. The van der Waals surface area contributed by atoms with Crippen LogP contribution < -0.4 is 5.32 Å². The SMILES string of the molecule is CCc1ccc(CN2CCC3(CC2)C[C@H](c2ccncc2)C(=O)N3)o1. The van der Waals surface area contributed by atoms with Crippen molar-refractivity contribution in [2.24, 2.45) is 0 Å². The second-order valence-corrected chi connectivity index (χ2v) is 7.30. The number of aromatic nitrogens is 1. The van der Waals surface area contributed by atoms with Crippen molar-refractivity contribution in [2.75, 3.05) is 13.1 Å². The molecule has 0 bridgehead atoms. The molecule has 1 amide bonds. The molecule has 25 heavy (non-hydrogen) atoms. The monoisotopic (exact) mass is 339 g/mol. The highest BCUT2D eigenvalue weighted by atomic mass is 16.3. The summed E-state index contributed by atoms with van der Waals surface area (Å²) >= 11 is 0. The van der Waals surface area contributed by atoms with Gasteiger partial charge in [-0.2, -0.15) is 0 Å². The lowest BCUT2D eigenvalue weighted by atomic mass is 9.82. The molecule has 2 aliphatic rings. The predicted molar refractivity (Wildman–Crippen MR) is 95.1 cm³/mol. The Morgan fingerprint density at radius 2 is 1.92 bits per heavy atom. The Balaban J connectivity index is 1.37. The second kappa shape index (κ2) is 6.64. The number of pyridine rings is 1. The molecule has 2 aliphatic heterocycles. The Morgan fingerprint density at radius 1 is 1.20 bits per heavy atom. The van der Waals surface area contributed by atoms with Gasteiger partial charge < -0.3 is 9.73 Å². The largest absolute Gasteiger partial charge is 0.465 e. The summed E-state index contributed by atoms with van der Waals surface area (Å²) in [6.45, 7) is 4.95. The first-order valence-corrected chi connectivity index (χ1v) is 9.19. The fraction of sp³-hybridized carbons (Fsp3) is 0.500. The number of piperidine rings is 1. The van der Waals surface area contributed by atoms with Crippen LogP contribution in [0.15, 0.2) is 41.1 Å². The van der Waals surface area contributed by atoms with Crippen LogP contribution in [-0.4, -0.2) is 34.4 Å². The molecule has 2 fully saturated rings. The van der Waals surface area contributed by atoms with Crippen molar-refractivity contribution in [2.45, 2.75) is 50.6 Å². The maximum atomic E-state index is 12.5. The van der Waals surface area contributed by atoms with Crippen molar-refractivity contribution in [3.63, 3.8) is 0 Å². The molecule has 2 aromatic rings. The van der Waals surface area contributed by atoms with E-state index in [1.54, 1.807) is 12.4 Å². The highest BCUT2D eigenvalue weighted by molar-refractivity contribution is 5.87. The summed E-state index contributed by atoms with van der Waals surface area (Å²) in [5.74, 6) is 2.22. The van der Waals surface area contributed by atoms with E-state index in [4.69, 9.17) is 4.42 Å². The van der Waals surface area contributed by atoms with Crippen molar-refractivity contribution in [3.8, 4) is 0 Å². The predicted octanol–water partition coefficient (Wildman–Crippen LogP) is 2.88. The van der Waals surface area contributed by atoms with E-state index in [-0.39, 0.29) is 17.4 Å². The first-order valence-electron chi connectivity index (χ1n) is 9.19. The summed E-state index contributed by atoms with van der Waals surface area (Å²) in [6.07, 6.45) is 7.37. The van der Waals surface area contributed by atoms with E-state index in [2.05, 4.69) is 34.3 Å². The molecular formula is C20H25N3O2. The van der Waals surface area contributed by atoms with Crippen LogP contribution >= 0.6 is 0 Å². The number of rotatable bonds is 4. The van der Waals surface area contributed by atoms with Gasteiger partial charge in [-0.25, -0.2) is 0 Å². The number of hydrogen-bond acceptors (Lipinski definition) is 4. The van der Waals surface area contributed by atoms with Gasteiger partial charge in [0.25, 0.3) is 0 Å². The number of nitrogens with zero attached hydrogens (tertiary/aromatic N) is 2. The van der Waals surface area contributed by atoms with Crippen LogP contribution in [-0.2, 0) is 17.8 Å². The van der Waals surface area contributed by atoms with Gasteiger partial charge in [-0.1, -0.05) is 6.92 Å². The Morgan fingerprint density at radius 3 is 2.60 bits per heavy atom. The fourth-order valence-corrected chi connectivity index (χ4v) is 4.13. The summed E-state index contributed by atoms with van der Waals surface area (Å²) in [6, 6.07) is 8.07. The number of carbonyl (C=O) groups is 1. The number of nitrogens with one attached hydrogen (secondary N) is 1. The molecule has 0 saturated carbocycles. The molecule has 5 heteroatoms. The van der Waals surface area contributed by atoms with Gasteiger partial charge >= 0.3 is 0 Å². The van der Waals surface area contributed by atoms with Gasteiger partial charge in [-0.15, -0.1) is 0 Å². The zero-order chi connectivity index (χ0) is 17.3. The smallest absolute Gasteiger partial charge is 0.228 e. The van der Waals surface area contributed by atoms with E-state index in [9.17, 15) is 4.79 Å². The molecule has 1 atom stereocenters. The topological polar surface area (TPSA) is 58.4 Å². The summed E-state index contributed by atoms with van der Waals surface area (Å²) in [5.41, 5.74) is 1.04. The third-order valence-corrected chi connectivity index (χ3v) is 5.67. The van der Waals surface area contributed by atoms with Crippen molar-refractivity contribution in [1.29, 1.82) is 0 Å². The highest BCUT2D eigenvalue weighted by Crippen LogP contribution is 2.39. The lowest BCUT2D eigenvalue weighted by Crippen LogP contribution is -2.50. The van der Waals surface area contributed by atoms with Gasteiger partial charge in [-0.05, 0) is 49.1 Å². The average Bonchev–Trinajstić information content (AvgIpc) is 3.22. The maximum absolute atomic E-state index is 12.5. The number of carbonyl (C=O) groups excluding carboxylic acids is 1. The molecule has 2 aromatic heterocycles. The van der Waals surface area contributed by atoms with Crippen LogP contribution in [0.25, 0.3) is 0 Å². The van der Waals surface area contributed by atoms with E-state index in [1.165, 1.54) is 0 Å². The van der Waals surface area contributed by atoms with Gasteiger partial charge in [0.1, 0.15) is 11.5 Å². The van der Waals surface area contributed by atoms with Crippen LogP contribution in [0.4, 0.5) is 0 Å². The number of amides is 1.